The minimum Gasteiger partial charge on any atom is -0.410 e. The van der Waals surface area contributed by atoms with Gasteiger partial charge in [-0.2, -0.15) is 13.2 Å². The van der Waals surface area contributed by atoms with Crippen molar-refractivity contribution in [1.29, 1.82) is 0 Å². The van der Waals surface area contributed by atoms with Crippen molar-refractivity contribution in [3.05, 3.63) is 71.3 Å². The first kappa shape index (κ1) is 29.2. The fraction of sp³-hybridized carbons (Fsp3) is 0.423. The van der Waals surface area contributed by atoms with Crippen molar-refractivity contribution >= 4 is 11.8 Å². The summed E-state index contributed by atoms with van der Waals surface area (Å²) in [5.74, 6) is 0.432. The predicted octanol–water partition coefficient (Wildman–Crippen LogP) is 5.41. The number of methoxy groups -OCH3 is 1. The normalized spacial score (nSPS) is 12.9. The third-order valence-corrected chi connectivity index (χ3v) is 5.41. The Balaban J connectivity index is 1.86. The number of nitrogens with one attached hydrogen (secondary N) is 2. The number of hydroxylamine groups is 1. The molecule has 0 saturated heterocycles. The standard InChI is InChI=1S/C26H34F3N3O4/c1-19(32(2)3)21-8-7-9-23(18-21)36-25(33)30-15-17-35-31-24(10-5-6-16-34-4)20-11-13-22(14-12-20)26(27,28)29/h7-14,18-19,31H,5-6,15-17H2,1-4H3,(H,30,33)/b24-10-/t19-/m0/s1. The van der Waals surface area contributed by atoms with Gasteiger partial charge in [-0.1, -0.05) is 30.3 Å². The molecule has 1 atom stereocenters. The van der Waals surface area contributed by atoms with Crippen molar-refractivity contribution in [2.75, 3.05) is 41.0 Å². The number of nitrogens with zero attached hydrogens (tertiary/aromatic N) is 1. The molecule has 0 aliphatic rings. The number of benzene rings is 2. The number of unbranched alkanes of at least 4 members (excludes halogenated alkanes) is 1. The van der Waals surface area contributed by atoms with E-state index in [1.54, 1.807) is 13.2 Å². The highest BCUT2D eigenvalue weighted by Crippen LogP contribution is 2.30. The van der Waals surface area contributed by atoms with Crippen molar-refractivity contribution in [3.8, 4) is 5.75 Å². The Morgan fingerprint density at radius 2 is 1.83 bits per heavy atom. The van der Waals surface area contributed by atoms with Crippen molar-refractivity contribution in [2.24, 2.45) is 0 Å². The van der Waals surface area contributed by atoms with Gasteiger partial charge in [-0.15, -0.1) is 0 Å². The molecule has 2 N–H and O–H groups in total. The molecule has 10 heteroatoms. The van der Waals surface area contributed by atoms with E-state index < -0.39 is 17.8 Å². The van der Waals surface area contributed by atoms with Crippen LogP contribution in [0.15, 0.2) is 54.6 Å². The molecule has 0 spiro atoms. The van der Waals surface area contributed by atoms with E-state index in [4.69, 9.17) is 14.3 Å². The SMILES string of the molecule is COCCC/C=C(\NOCCNC(=O)Oc1cccc([C@H](C)N(C)C)c1)c1ccc(C(F)(F)F)cc1. The third-order valence-electron chi connectivity index (χ3n) is 5.41. The van der Waals surface area contributed by atoms with Gasteiger partial charge >= 0.3 is 12.3 Å². The summed E-state index contributed by atoms with van der Waals surface area (Å²) in [4.78, 5) is 19.6. The van der Waals surface area contributed by atoms with Crippen LogP contribution >= 0.6 is 0 Å². The Labute approximate surface area is 210 Å². The Morgan fingerprint density at radius 3 is 2.47 bits per heavy atom. The Bertz CT molecular complexity index is 979. The minimum atomic E-state index is -4.41. The van der Waals surface area contributed by atoms with Gasteiger partial charge in [-0.25, -0.2) is 4.79 Å². The number of rotatable bonds is 13. The van der Waals surface area contributed by atoms with Crippen molar-refractivity contribution in [1.82, 2.24) is 15.7 Å². The summed E-state index contributed by atoms with van der Waals surface area (Å²) in [7, 11) is 5.54. The summed E-state index contributed by atoms with van der Waals surface area (Å²) >= 11 is 0. The van der Waals surface area contributed by atoms with Crippen LogP contribution in [0.25, 0.3) is 5.70 Å². The fourth-order valence-electron chi connectivity index (χ4n) is 3.14. The second-order valence-corrected chi connectivity index (χ2v) is 8.31. The van der Waals surface area contributed by atoms with Crippen LogP contribution < -0.4 is 15.5 Å². The van der Waals surface area contributed by atoms with Gasteiger partial charge in [0.2, 0.25) is 0 Å². The third kappa shape index (κ3) is 9.88. The maximum Gasteiger partial charge on any atom is 0.416 e. The zero-order chi connectivity index (χ0) is 26.6. The first-order chi connectivity index (χ1) is 17.1. The molecule has 198 valence electrons. The van der Waals surface area contributed by atoms with Crippen LogP contribution in [0.2, 0.25) is 0 Å². The number of amides is 1. The second kappa shape index (κ2) is 14.5. The first-order valence-corrected chi connectivity index (χ1v) is 11.6. The molecule has 2 aromatic carbocycles. The topological polar surface area (TPSA) is 72.1 Å². The van der Waals surface area contributed by atoms with Gasteiger partial charge in [0.05, 0.1) is 17.9 Å². The molecule has 0 bridgehead atoms. The van der Waals surface area contributed by atoms with Gasteiger partial charge in [-0.3, -0.25) is 10.3 Å². The lowest BCUT2D eigenvalue weighted by molar-refractivity contribution is -0.137. The molecule has 0 saturated carbocycles. The van der Waals surface area contributed by atoms with Gasteiger partial charge in [-0.05, 0) is 69.3 Å². The average Bonchev–Trinajstić information content (AvgIpc) is 2.84. The Morgan fingerprint density at radius 1 is 1.11 bits per heavy atom. The summed E-state index contributed by atoms with van der Waals surface area (Å²) in [5.41, 5.74) is 4.12. The summed E-state index contributed by atoms with van der Waals surface area (Å²) in [6, 6.07) is 12.3. The molecule has 0 heterocycles. The maximum absolute atomic E-state index is 12.9. The van der Waals surface area contributed by atoms with E-state index in [0.717, 1.165) is 24.1 Å². The van der Waals surface area contributed by atoms with E-state index in [-0.39, 0.29) is 19.2 Å². The Kier molecular flexibility index (Phi) is 11.7. The lowest BCUT2D eigenvalue weighted by Gasteiger charge is -2.20. The summed E-state index contributed by atoms with van der Waals surface area (Å²) in [5, 5.41) is 2.60. The lowest BCUT2D eigenvalue weighted by atomic mass is 10.1. The number of ether oxygens (including phenoxy) is 2. The number of hydrogen-bond acceptors (Lipinski definition) is 6. The van der Waals surface area contributed by atoms with E-state index in [2.05, 4.69) is 22.6 Å². The molecular formula is C26H34F3N3O4. The molecule has 0 unspecified atom stereocenters. The van der Waals surface area contributed by atoms with Crippen LogP contribution in [-0.4, -0.2) is 52.0 Å². The van der Waals surface area contributed by atoms with Crippen LogP contribution in [-0.2, 0) is 15.8 Å². The highest BCUT2D eigenvalue weighted by Gasteiger charge is 2.30. The predicted molar refractivity (Wildman–Crippen MR) is 132 cm³/mol. The average molecular weight is 510 g/mol. The quantitative estimate of drug-likeness (QED) is 0.278. The number of allylic oxidation sites excluding steroid dienone is 1. The summed E-state index contributed by atoms with van der Waals surface area (Å²) < 4.78 is 49.0. The van der Waals surface area contributed by atoms with Crippen molar-refractivity contribution in [2.45, 2.75) is 32.0 Å². The van der Waals surface area contributed by atoms with Gasteiger partial charge in [0, 0.05) is 26.3 Å². The van der Waals surface area contributed by atoms with E-state index >= 15 is 0 Å². The lowest BCUT2D eigenvalue weighted by Crippen LogP contribution is -2.31. The Hall–Kier alpha value is -3.08. The molecule has 2 aromatic rings. The number of alkyl halides is 3. The van der Waals surface area contributed by atoms with Gasteiger partial charge in [0.25, 0.3) is 0 Å². The van der Waals surface area contributed by atoms with Crippen LogP contribution in [0.4, 0.5) is 18.0 Å². The van der Waals surface area contributed by atoms with Gasteiger partial charge in [0.1, 0.15) is 5.75 Å². The first-order valence-electron chi connectivity index (χ1n) is 11.6. The fourth-order valence-corrected chi connectivity index (χ4v) is 3.14. The number of carbonyl (C=O) groups is 1. The van der Waals surface area contributed by atoms with Gasteiger partial charge < -0.3 is 19.7 Å². The number of halogens is 3. The molecule has 7 nitrogen and oxygen atoms in total. The van der Waals surface area contributed by atoms with E-state index in [1.807, 2.05) is 38.4 Å². The van der Waals surface area contributed by atoms with E-state index in [9.17, 15) is 18.0 Å². The second-order valence-electron chi connectivity index (χ2n) is 8.31. The zero-order valence-electron chi connectivity index (χ0n) is 21.0. The minimum absolute atomic E-state index is 0.100. The monoisotopic (exact) mass is 509 g/mol. The van der Waals surface area contributed by atoms with E-state index in [0.29, 0.717) is 30.0 Å². The summed E-state index contributed by atoms with van der Waals surface area (Å²) in [6.45, 7) is 2.86. The van der Waals surface area contributed by atoms with Crippen LogP contribution in [0.3, 0.4) is 0 Å². The number of hydrogen-bond donors (Lipinski definition) is 2. The molecule has 0 fully saturated rings. The van der Waals surface area contributed by atoms with Crippen molar-refractivity contribution < 1.29 is 32.3 Å². The molecule has 36 heavy (non-hydrogen) atoms. The summed E-state index contributed by atoms with van der Waals surface area (Å²) in [6.07, 6.45) is -1.82. The van der Waals surface area contributed by atoms with Crippen LogP contribution in [0, 0.1) is 0 Å². The molecular weight excluding hydrogens is 475 g/mol. The van der Waals surface area contributed by atoms with Crippen LogP contribution in [0.5, 0.6) is 5.75 Å². The maximum atomic E-state index is 12.9. The molecule has 0 aromatic heterocycles. The largest absolute Gasteiger partial charge is 0.416 e. The highest BCUT2D eigenvalue weighted by molar-refractivity contribution is 5.70. The van der Waals surface area contributed by atoms with Gasteiger partial charge in [0.15, 0.2) is 0 Å². The van der Waals surface area contributed by atoms with E-state index in [1.165, 1.54) is 12.1 Å². The number of carbonyl (C=O) groups excluding carboxylic acids is 1. The van der Waals surface area contributed by atoms with Crippen LogP contribution in [0.1, 0.15) is 42.5 Å². The van der Waals surface area contributed by atoms with Crippen molar-refractivity contribution in [3.63, 3.8) is 0 Å². The highest BCUT2D eigenvalue weighted by atomic mass is 19.4. The molecule has 1 amide bonds. The molecule has 0 radical (unpaired) electrons. The smallest absolute Gasteiger partial charge is 0.410 e. The molecule has 0 aliphatic carbocycles. The zero-order valence-corrected chi connectivity index (χ0v) is 21.0. The molecule has 0 aliphatic heterocycles. The molecule has 2 rings (SSSR count).